The largest absolute Gasteiger partial charge is 0.434 e. The number of imidazole rings is 1. The van der Waals surface area contributed by atoms with Gasteiger partial charge in [-0.3, -0.25) is 4.79 Å². The Morgan fingerprint density at radius 1 is 1.14 bits per heavy atom. The van der Waals surface area contributed by atoms with Crippen molar-refractivity contribution in [2.24, 2.45) is 5.73 Å². The number of carbonyl (C=O) groups is 1. The topological polar surface area (TPSA) is 132 Å². The van der Waals surface area contributed by atoms with Crippen LogP contribution in [-0.2, 0) is 5.54 Å². The smallest absolute Gasteiger partial charge is 0.417 e. The number of alkyl halides is 5. The molecule has 2 unspecified atom stereocenters. The van der Waals surface area contributed by atoms with Gasteiger partial charge in [0.2, 0.25) is 0 Å². The highest BCUT2D eigenvalue weighted by Crippen LogP contribution is 2.54. The number of fused-ring (bicyclic) bond motifs is 9. The first-order chi connectivity index (χ1) is 19.8. The first kappa shape index (κ1) is 26.6. The first-order valence-corrected chi connectivity index (χ1v) is 12.9. The number of nitrogens with zero attached hydrogens (tertiary/aromatic N) is 6. The SMILES string of the molecule is CN1C(=O)c2cccc(OC(F)F)c2C2CC1c1nc3ccc(-c4cnc(C5(N)CC(O)(C(F)(F)F)C5)nc4)nn3c12. The van der Waals surface area contributed by atoms with Gasteiger partial charge in [0.25, 0.3) is 5.91 Å². The third kappa shape index (κ3) is 3.72. The van der Waals surface area contributed by atoms with Crippen LogP contribution in [0.15, 0.2) is 42.7 Å². The van der Waals surface area contributed by atoms with Gasteiger partial charge >= 0.3 is 12.8 Å². The monoisotopic (exact) mass is 587 g/mol. The van der Waals surface area contributed by atoms with Crippen LogP contribution in [0.2, 0.25) is 0 Å². The van der Waals surface area contributed by atoms with Gasteiger partial charge in [-0.25, -0.2) is 19.5 Å². The van der Waals surface area contributed by atoms with Crippen molar-refractivity contribution in [3.05, 3.63) is 71.1 Å². The Bertz CT molecular complexity index is 1750. The van der Waals surface area contributed by atoms with Crippen molar-refractivity contribution >= 4 is 11.6 Å². The summed E-state index contributed by atoms with van der Waals surface area (Å²) in [5, 5.41) is 14.5. The molecule has 15 heteroatoms. The number of rotatable bonds is 4. The van der Waals surface area contributed by atoms with Gasteiger partial charge in [-0.1, -0.05) is 6.07 Å². The molecule has 3 aromatic heterocycles. The molecule has 1 amide bonds. The first-order valence-electron chi connectivity index (χ1n) is 12.9. The summed E-state index contributed by atoms with van der Waals surface area (Å²) in [6.45, 7) is -3.09. The standard InChI is InChI=1S/C27H22F5N7O3/c1-38-16-7-14(19-13(22(38)40)3-2-4-17(19)42-24(28)29)21-20(16)36-18-6-5-15(37-39(18)21)12-8-34-23(35-9-12)25(33)10-26(41,11-25)27(30,31)32/h2-6,8-9,14,16,24,41H,7,10-11,33H2,1H3. The van der Waals surface area contributed by atoms with Gasteiger partial charge in [-0.2, -0.15) is 27.1 Å². The Kier molecular flexibility index (Phi) is 5.48. The van der Waals surface area contributed by atoms with Crippen LogP contribution in [0.1, 0.15) is 64.4 Å². The van der Waals surface area contributed by atoms with E-state index in [9.17, 15) is 31.9 Å². The fourth-order valence-electron chi connectivity index (χ4n) is 6.42. The molecule has 42 heavy (non-hydrogen) atoms. The van der Waals surface area contributed by atoms with Crippen molar-refractivity contribution < 1.29 is 36.6 Å². The molecule has 1 aromatic carbocycles. The van der Waals surface area contributed by atoms with E-state index in [1.165, 1.54) is 24.5 Å². The minimum Gasteiger partial charge on any atom is -0.434 e. The lowest BCUT2D eigenvalue weighted by molar-refractivity contribution is -0.304. The lowest BCUT2D eigenvalue weighted by Gasteiger charge is -2.50. The molecule has 4 aromatic rings. The van der Waals surface area contributed by atoms with Crippen LogP contribution >= 0.6 is 0 Å². The molecule has 2 aliphatic carbocycles. The minimum absolute atomic E-state index is 0.0364. The van der Waals surface area contributed by atoms with E-state index in [4.69, 9.17) is 20.6 Å². The van der Waals surface area contributed by atoms with E-state index in [1.807, 2.05) is 0 Å². The number of nitrogens with two attached hydrogens (primary N) is 1. The fourth-order valence-corrected chi connectivity index (χ4v) is 6.42. The Morgan fingerprint density at radius 2 is 1.86 bits per heavy atom. The summed E-state index contributed by atoms with van der Waals surface area (Å²) in [5.74, 6) is -0.986. The molecule has 0 spiro atoms. The number of carbonyl (C=O) groups excluding carboxylic acids is 1. The number of ether oxygens (including phenoxy) is 1. The number of halogens is 5. The van der Waals surface area contributed by atoms with Gasteiger partial charge in [0.1, 0.15) is 11.6 Å². The zero-order chi connectivity index (χ0) is 29.8. The zero-order valence-corrected chi connectivity index (χ0v) is 21.8. The average molecular weight is 588 g/mol. The molecule has 3 N–H and O–H groups in total. The van der Waals surface area contributed by atoms with Crippen molar-refractivity contribution in [1.82, 2.24) is 29.5 Å². The highest BCUT2D eigenvalue weighted by molar-refractivity contribution is 5.98. The number of hydrogen-bond donors (Lipinski definition) is 2. The third-order valence-corrected chi connectivity index (χ3v) is 8.43. The molecule has 1 aliphatic heterocycles. The summed E-state index contributed by atoms with van der Waals surface area (Å²) in [7, 11) is 1.64. The van der Waals surface area contributed by atoms with Crippen molar-refractivity contribution in [3.63, 3.8) is 0 Å². The molecule has 4 heterocycles. The molecule has 218 valence electrons. The van der Waals surface area contributed by atoms with E-state index < -0.39 is 48.7 Å². The van der Waals surface area contributed by atoms with E-state index in [0.717, 1.165) is 0 Å². The maximum absolute atomic E-state index is 13.3. The van der Waals surface area contributed by atoms with Gasteiger partial charge in [-0.15, -0.1) is 0 Å². The van der Waals surface area contributed by atoms with Crippen LogP contribution in [-0.4, -0.2) is 65.9 Å². The van der Waals surface area contributed by atoms with Gasteiger partial charge in [0.15, 0.2) is 11.2 Å². The van der Waals surface area contributed by atoms with Gasteiger partial charge in [0, 0.05) is 54.9 Å². The molecular weight excluding hydrogens is 565 g/mol. The fraction of sp³-hybridized carbons (Fsp3) is 0.370. The summed E-state index contributed by atoms with van der Waals surface area (Å²) >= 11 is 0. The van der Waals surface area contributed by atoms with Crippen molar-refractivity contribution in [3.8, 4) is 17.0 Å². The molecule has 2 atom stereocenters. The van der Waals surface area contributed by atoms with Gasteiger partial charge < -0.3 is 20.5 Å². The second-order valence-electron chi connectivity index (χ2n) is 11.0. The van der Waals surface area contributed by atoms with Gasteiger partial charge in [-0.05, 0) is 30.7 Å². The lowest BCUT2D eigenvalue weighted by Crippen LogP contribution is -2.66. The van der Waals surface area contributed by atoms with Crippen LogP contribution in [0.4, 0.5) is 22.0 Å². The predicted octanol–water partition coefficient (Wildman–Crippen LogP) is 3.69. The van der Waals surface area contributed by atoms with Crippen LogP contribution in [0, 0.1) is 0 Å². The zero-order valence-electron chi connectivity index (χ0n) is 21.8. The molecular formula is C27H22F5N7O3. The minimum atomic E-state index is -4.81. The lowest BCUT2D eigenvalue weighted by atomic mass is 9.64. The van der Waals surface area contributed by atoms with E-state index in [-0.39, 0.29) is 23.0 Å². The van der Waals surface area contributed by atoms with E-state index in [2.05, 4.69) is 9.97 Å². The third-order valence-electron chi connectivity index (χ3n) is 8.43. The van der Waals surface area contributed by atoms with Crippen LogP contribution in [0.5, 0.6) is 5.75 Å². The average Bonchev–Trinajstić information content (AvgIpc) is 3.44. The Labute approximate surface area is 234 Å². The van der Waals surface area contributed by atoms with E-state index in [0.29, 0.717) is 40.3 Å². The second kappa shape index (κ2) is 8.64. The maximum atomic E-state index is 13.3. The molecule has 0 radical (unpaired) electrons. The maximum Gasteiger partial charge on any atom is 0.417 e. The molecule has 1 fully saturated rings. The van der Waals surface area contributed by atoms with Crippen LogP contribution in [0.25, 0.3) is 16.9 Å². The Morgan fingerprint density at radius 3 is 2.52 bits per heavy atom. The molecule has 10 nitrogen and oxygen atoms in total. The van der Waals surface area contributed by atoms with Crippen molar-refractivity contribution in [2.75, 3.05) is 7.05 Å². The van der Waals surface area contributed by atoms with Crippen LogP contribution < -0.4 is 10.5 Å². The quantitative estimate of drug-likeness (QED) is 0.346. The summed E-state index contributed by atoms with van der Waals surface area (Å²) in [5.41, 5.74) is 4.78. The number of aromatic nitrogens is 5. The Balaban J connectivity index is 1.28. The summed E-state index contributed by atoms with van der Waals surface area (Å²) in [4.78, 5) is 27.9. The number of benzene rings is 1. The van der Waals surface area contributed by atoms with Crippen molar-refractivity contribution in [2.45, 2.75) is 55.1 Å². The summed E-state index contributed by atoms with van der Waals surface area (Å²) in [6, 6.07) is 7.42. The molecule has 0 saturated heterocycles. The summed E-state index contributed by atoms with van der Waals surface area (Å²) < 4.78 is 72.4. The molecule has 3 aliphatic rings. The molecule has 1 saturated carbocycles. The van der Waals surface area contributed by atoms with Crippen LogP contribution in [0.3, 0.4) is 0 Å². The highest BCUT2D eigenvalue weighted by atomic mass is 19.4. The van der Waals surface area contributed by atoms with Gasteiger partial charge in [0.05, 0.1) is 28.7 Å². The highest BCUT2D eigenvalue weighted by Gasteiger charge is 2.67. The predicted molar refractivity (Wildman–Crippen MR) is 134 cm³/mol. The van der Waals surface area contributed by atoms with E-state index in [1.54, 1.807) is 34.7 Å². The summed E-state index contributed by atoms with van der Waals surface area (Å²) in [6.07, 6.45) is -3.17. The van der Waals surface area contributed by atoms with Crippen molar-refractivity contribution in [1.29, 1.82) is 0 Å². The molecule has 7 rings (SSSR count). The second-order valence-corrected chi connectivity index (χ2v) is 11.0. The number of amides is 1. The number of aliphatic hydroxyl groups is 1. The molecule has 2 bridgehead atoms. The number of hydrogen-bond acceptors (Lipinski definition) is 8. The van der Waals surface area contributed by atoms with E-state index >= 15 is 0 Å². The normalized spacial score (nSPS) is 26.7. The Hall–Kier alpha value is -4.24.